The maximum atomic E-state index is 13.7. The molecule has 0 amide bonds. The van der Waals surface area contributed by atoms with Crippen molar-refractivity contribution in [1.29, 1.82) is 0 Å². The highest BCUT2D eigenvalue weighted by atomic mass is 19.1. The van der Waals surface area contributed by atoms with Gasteiger partial charge in [0.15, 0.2) is 0 Å². The summed E-state index contributed by atoms with van der Waals surface area (Å²) in [4.78, 5) is 0. The molecular weight excluding hydrogens is 217 g/mol. The minimum atomic E-state index is -0.885. The van der Waals surface area contributed by atoms with Gasteiger partial charge in [-0.25, -0.2) is 4.39 Å². The van der Waals surface area contributed by atoms with Crippen LogP contribution in [-0.4, -0.2) is 28.0 Å². The Balaban J connectivity index is 2.42. The Labute approximate surface area is 103 Å². The van der Waals surface area contributed by atoms with Gasteiger partial charge in [-0.15, -0.1) is 0 Å². The second-order valence-corrected chi connectivity index (χ2v) is 5.81. The normalized spacial score (nSPS) is 14.3. The van der Waals surface area contributed by atoms with E-state index in [0.717, 1.165) is 5.69 Å². The van der Waals surface area contributed by atoms with Gasteiger partial charge in [0.25, 0.3) is 0 Å². The van der Waals surface area contributed by atoms with Gasteiger partial charge in [-0.1, -0.05) is 0 Å². The molecule has 4 heteroatoms. The smallest absolute Gasteiger partial charge is 0.118 e. The molecule has 1 aromatic rings. The molecular formula is C13H24FN3. The summed E-state index contributed by atoms with van der Waals surface area (Å²) in [5.74, 6) is 0. The van der Waals surface area contributed by atoms with Crippen molar-refractivity contribution in [3.8, 4) is 0 Å². The highest BCUT2D eigenvalue weighted by molar-refractivity contribution is 5.01. The van der Waals surface area contributed by atoms with Crippen LogP contribution in [0.15, 0.2) is 12.3 Å². The zero-order valence-corrected chi connectivity index (χ0v) is 11.5. The zero-order chi connectivity index (χ0) is 13.1. The van der Waals surface area contributed by atoms with Gasteiger partial charge in [-0.2, -0.15) is 5.10 Å². The molecule has 3 nitrogen and oxygen atoms in total. The summed E-state index contributed by atoms with van der Waals surface area (Å²) < 4.78 is 15.6. The first kappa shape index (κ1) is 14.2. The third-order valence-electron chi connectivity index (χ3n) is 2.48. The molecule has 0 saturated carbocycles. The van der Waals surface area contributed by atoms with Gasteiger partial charge in [0.05, 0.1) is 5.69 Å². The van der Waals surface area contributed by atoms with E-state index in [9.17, 15) is 4.39 Å². The summed E-state index contributed by atoms with van der Waals surface area (Å²) in [7, 11) is 0. The van der Waals surface area contributed by atoms with E-state index >= 15 is 0 Å². The molecule has 0 aliphatic carbocycles. The topological polar surface area (TPSA) is 29.9 Å². The highest BCUT2D eigenvalue weighted by Gasteiger charge is 2.15. The second-order valence-electron chi connectivity index (χ2n) is 5.81. The average Bonchev–Trinajstić information content (AvgIpc) is 2.62. The molecule has 0 aliphatic rings. The van der Waals surface area contributed by atoms with Crippen LogP contribution in [0.4, 0.5) is 4.39 Å². The predicted molar refractivity (Wildman–Crippen MR) is 69.0 cm³/mol. The van der Waals surface area contributed by atoms with E-state index in [1.54, 1.807) is 0 Å². The van der Waals surface area contributed by atoms with Crippen LogP contribution in [0.5, 0.6) is 0 Å². The van der Waals surface area contributed by atoms with Gasteiger partial charge in [0.1, 0.15) is 6.17 Å². The third kappa shape index (κ3) is 5.31. The Bertz CT molecular complexity index is 339. The van der Waals surface area contributed by atoms with E-state index in [0.29, 0.717) is 19.0 Å². The monoisotopic (exact) mass is 241 g/mol. The van der Waals surface area contributed by atoms with Crippen LogP contribution in [0.1, 0.15) is 46.4 Å². The third-order valence-corrected chi connectivity index (χ3v) is 2.48. The fraction of sp³-hybridized carbons (Fsp3) is 0.769. The van der Waals surface area contributed by atoms with E-state index in [2.05, 4.69) is 24.3 Å². The second kappa shape index (κ2) is 5.63. The highest BCUT2D eigenvalue weighted by Crippen LogP contribution is 2.08. The van der Waals surface area contributed by atoms with Crippen LogP contribution in [-0.2, 0) is 6.42 Å². The van der Waals surface area contributed by atoms with Gasteiger partial charge in [0, 0.05) is 30.7 Å². The molecule has 98 valence electrons. The zero-order valence-electron chi connectivity index (χ0n) is 11.5. The van der Waals surface area contributed by atoms with Crippen molar-refractivity contribution < 1.29 is 4.39 Å². The number of hydrogen-bond donors (Lipinski definition) is 1. The number of nitrogens with zero attached hydrogens (tertiary/aromatic N) is 2. The van der Waals surface area contributed by atoms with Gasteiger partial charge < -0.3 is 5.32 Å². The first-order valence-electron chi connectivity index (χ1n) is 6.21. The lowest BCUT2D eigenvalue weighted by molar-refractivity contribution is 0.282. The fourth-order valence-electron chi connectivity index (χ4n) is 1.49. The van der Waals surface area contributed by atoms with Crippen LogP contribution in [0, 0.1) is 0 Å². The Morgan fingerprint density at radius 2 is 2.06 bits per heavy atom. The summed E-state index contributed by atoms with van der Waals surface area (Å²) in [5.41, 5.74) is 0.781. The Hall–Kier alpha value is -0.900. The molecule has 1 aromatic heterocycles. The minimum absolute atomic E-state index is 0.0400. The van der Waals surface area contributed by atoms with E-state index in [1.165, 1.54) is 0 Å². The SMILES string of the molecule is CC(C)n1ccc(CC(F)CNC(C)(C)C)n1. The molecule has 0 aromatic carbocycles. The van der Waals surface area contributed by atoms with Crippen molar-refractivity contribution in [1.82, 2.24) is 15.1 Å². The number of hydrogen-bond acceptors (Lipinski definition) is 2. The van der Waals surface area contributed by atoms with E-state index < -0.39 is 6.17 Å². The predicted octanol–water partition coefficient (Wildman–Crippen LogP) is 2.73. The summed E-state index contributed by atoms with van der Waals surface area (Å²) in [6.07, 6.45) is 1.40. The summed E-state index contributed by atoms with van der Waals surface area (Å²) in [5, 5.41) is 7.50. The van der Waals surface area contributed by atoms with Crippen LogP contribution in [0.25, 0.3) is 0 Å². The van der Waals surface area contributed by atoms with Crippen LogP contribution < -0.4 is 5.32 Å². The van der Waals surface area contributed by atoms with Crippen molar-refractivity contribution >= 4 is 0 Å². The fourth-order valence-corrected chi connectivity index (χ4v) is 1.49. The molecule has 1 unspecified atom stereocenters. The molecule has 1 N–H and O–H groups in total. The van der Waals surface area contributed by atoms with Crippen LogP contribution >= 0.6 is 0 Å². The molecule has 1 atom stereocenters. The molecule has 0 saturated heterocycles. The Morgan fingerprint density at radius 3 is 2.53 bits per heavy atom. The maximum Gasteiger partial charge on any atom is 0.118 e. The van der Waals surface area contributed by atoms with Crippen LogP contribution in [0.3, 0.4) is 0 Å². The van der Waals surface area contributed by atoms with Gasteiger partial charge in [-0.3, -0.25) is 4.68 Å². The standard InChI is InChI=1S/C13H24FN3/c1-10(2)17-7-6-12(16-17)8-11(14)9-15-13(3,4)5/h6-7,10-11,15H,8-9H2,1-5H3. The average molecular weight is 241 g/mol. The first-order valence-corrected chi connectivity index (χ1v) is 6.21. The van der Waals surface area contributed by atoms with Crippen molar-refractivity contribution in [3.05, 3.63) is 18.0 Å². The lowest BCUT2D eigenvalue weighted by Gasteiger charge is -2.21. The summed E-state index contributed by atoms with van der Waals surface area (Å²) in [6.45, 7) is 10.6. The Morgan fingerprint density at radius 1 is 1.41 bits per heavy atom. The molecule has 0 bridgehead atoms. The summed E-state index contributed by atoms with van der Waals surface area (Å²) >= 11 is 0. The van der Waals surface area contributed by atoms with E-state index in [1.807, 2.05) is 37.7 Å². The van der Waals surface area contributed by atoms with Gasteiger partial charge in [0.2, 0.25) is 0 Å². The molecule has 1 rings (SSSR count). The molecule has 0 aliphatic heterocycles. The van der Waals surface area contributed by atoms with Crippen molar-refractivity contribution in [3.63, 3.8) is 0 Å². The van der Waals surface area contributed by atoms with E-state index in [-0.39, 0.29) is 5.54 Å². The lowest BCUT2D eigenvalue weighted by Crippen LogP contribution is -2.40. The van der Waals surface area contributed by atoms with Crippen LogP contribution in [0.2, 0.25) is 0 Å². The molecule has 1 heterocycles. The van der Waals surface area contributed by atoms with E-state index in [4.69, 9.17) is 0 Å². The number of halogens is 1. The van der Waals surface area contributed by atoms with Crippen molar-refractivity contribution in [2.45, 2.75) is 58.8 Å². The number of alkyl halides is 1. The van der Waals surface area contributed by atoms with Crippen molar-refractivity contribution in [2.24, 2.45) is 0 Å². The summed E-state index contributed by atoms with van der Waals surface area (Å²) in [6, 6.07) is 2.22. The molecule has 17 heavy (non-hydrogen) atoms. The molecule has 0 fully saturated rings. The number of nitrogens with one attached hydrogen (secondary N) is 1. The largest absolute Gasteiger partial charge is 0.309 e. The first-order chi connectivity index (χ1) is 7.78. The van der Waals surface area contributed by atoms with Gasteiger partial charge in [-0.05, 0) is 40.7 Å². The molecule has 0 radical (unpaired) electrons. The number of rotatable bonds is 5. The van der Waals surface area contributed by atoms with Crippen molar-refractivity contribution in [2.75, 3.05) is 6.54 Å². The molecule has 0 spiro atoms. The Kier molecular flexibility index (Phi) is 4.69. The quantitative estimate of drug-likeness (QED) is 0.859. The lowest BCUT2D eigenvalue weighted by atomic mass is 10.1. The number of aromatic nitrogens is 2. The minimum Gasteiger partial charge on any atom is -0.309 e. The maximum absolute atomic E-state index is 13.7. The van der Waals surface area contributed by atoms with Gasteiger partial charge >= 0.3 is 0 Å².